The molecule has 27 heavy (non-hydrogen) atoms. The van der Waals surface area contributed by atoms with Crippen molar-refractivity contribution in [2.24, 2.45) is 0 Å². The zero-order valence-corrected chi connectivity index (χ0v) is 17.4. The Morgan fingerprint density at radius 2 is 0.630 bits per heavy atom. The average molecular weight is 480 g/mol. The first-order valence-corrected chi connectivity index (χ1v) is 13.8. The number of hydrogen-bond acceptors (Lipinski definition) is 6. The molecule has 0 aliphatic carbocycles. The lowest BCUT2D eigenvalue weighted by atomic mass is 10.1. The maximum atomic E-state index is 11.1. The van der Waals surface area contributed by atoms with Crippen LogP contribution in [0.25, 0.3) is 0 Å². The molecule has 0 radical (unpaired) electrons. The van der Waals surface area contributed by atoms with E-state index in [-0.39, 0.29) is 32.1 Å². The lowest BCUT2D eigenvalue weighted by Gasteiger charge is -2.29. The van der Waals surface area contributed by atoms with Gasteiger partial charge in [0, 0.05) is 0 Å². The maximum absolute atomic E-state index is 11.1. The molecular formula is C9H24O14P4. The van der Waals surface area contributed by atoms with Crippen molar-refractivity contribution in [1.82, 2.24) is 0 Å². The Morgan fingerprint density at radius 3 is 0.815 bits per heavy atom. The lowest BCUT2D eigenvalue weighted by Crippen LogP contribution is -2.28. The third-order valence-corrected chi connectivity index (χ3v) is 11.6. The molecule has 0 saturated carbocycles. The van der Waals surface area contributed by atoms with Crippen LogP contribution in [0.2, 0.25) is 0 Å². The van der Waals surface area contributed by atoms with Crippen molar-refractivity contribution < 1.29 is 67.6 Å². The van der Waals surface area contributed by atoms with Gasteiger partial charge in [0.25, 0.3) is 10.2 Å². The number of aliphatic hydroxyl groups is 2. The summed E-state index contributed by atoms with van der Waals surface area (Å²) in [6.45, 7) is 0. The Hall–Kier alpha value is 0.520. The van der Waals surface area contributed by atoms with Crippen LogP contribution < -0.4 is 0 Å². The minimum Gasteiger partial charge on any atom is -0.368 e. The van der Waals surface area contributed by atoms with Gasteiger partial charge in [-0.1, -0.05) is 19.3 Å². The summed E-state index contributed by atoms with van der Waals surface area (Å²) in [4.78, 5) is 71.6. The van der Waals surface area contributed by atoms with Crippen LogP contribution in [0.3, 0.4) is 0 Å². The van der Waals surface area contributed by atoms with Crippen LogP contribution in [0.4, 0.5) is 0 Å². The Morgan fingerprint density at radius 1 is 0.444 bits per heavy atom. The quantitative estimate of drug-likeness (QED) is 0.127. The van der Waals surface area contributed by atoms with Gasteiger partial charge < -0.3 is 49.4 Å². The molecule has 0 aromatic carbocycles. The minimum absolute atomic E-state index is 0.0760. The lowest BCUT2D eigenvalue weighted by molar-refractivity contribution is 0.118. The minimum atomic E-state index is -5.54. The molecule has 10 N–H and O–H groups in total. The SMILES string of the molecule is O=P(O)(O)C(O)(CCCCCCCC(O)(P(=O)(O)O)P(=O)(O)O)P(=O)(O)O. The van der Waals surface area contributed by atoms with Gasteiger partial charge in [-0.25, -0.2) is 0 Å². The molecule has 0 bridgehead atoms. The van der Waals surface area contributed by atoms with Crippen LogP contribution >= 0.6 is 30.4 Å². The highest BCUT2D eigenvalue weighted by atomic mass is 31.2. The van der Waals surface area contributed by atoms with Crippen LogP contribution in [-0.2, 0) is 18.3 Å². The van der Waals surface area contributed by atoms with E-state index in [0.29, 0.717) is 0 Å². The molecule has 0 atom stereocenters. The van der Waals surface area contributed by atoms with E-state index in [9.17, 15) is 28.5 Å². The molecule has 164 valence electrons. The molecule has 0 heterocycles. The van der Waals surface area contributed by atoms with E-state index >= 15 is 0 Å². The fourth-order valence-corrected chi connectivity index (χ4v) is 6.69. The number of hydrogen-bond donors (Lipinski definition) is 10. The number of unbranched alkanes of at least 4 members (excludes halogenated alkanes) is 4. The second-order valence-corrected chi connectivity index (χ2v) is 14.0. The standard InChI is InChI=1S/C9H24O14P4/c10-8(24(12,13)14,25(15,16)17)6-4-2-1-3-5-7-9(11,26(18,19)20)27(21,22)23/h10-11H,1-7H2,(H2,12,13,14)(H2,15,16,17)(H2,18,19,20)(H2,21,22,23). The second kappa shape index (κ2) is 9.12. The second-order valence-electron chi connectivity index (χ2n) is 5.99. The first kappa shape index (κ1) is 27.5. The van der Waals surface area contributed by atoms with E-state index in [1.165, 1.54) is 0 Å². The smallest absolute Gasteiger partial charge is 0.368 e. The van der Waals surface area contributed by atoms with Crippen molar-refractivity contribution in [3.63, 3.8) is 0 Å². The van der Waals surface area contributed by atoms with Crippen LogP contribution in [0.15, 0.2) is 0 Å². The molecule has 0 aliphatic heterocycles. The molecule has 0 saturated heterocycles. The summed E-state index contributed by atoms with van der Waals surface area (Å²) in [6, 6.07) is 0. The summed E-state index contributed by atoms with van der Waals surface area (Å²) >= 11 is 0. The monoisotopic (exact) mass is 480 g/mol. The average Bonchev–Trinajstić information content (AvgIpc) is 2.40. The first-order chi connectivity index (χ1) is 11.7. The van der Waals surface area contributed by atoms with Crippen molar-refractivity contribution in [2.45, 2.75) is 55.1 Å². The van der Waals surface area contributed by atoms with Gasteiger partial charge in [-0.05, 0) is 25.7 Å². The summed E-state index contributed by atoms with van der Waals surface area (Å²) in [6.07, 6.45) is -1.98. The van der Waals surface area contributed by atoms with E-state index in [1.54, 1.807) is 0 Å². The van der Waals surface area contributed by atoms with Gasteiger partial charge in [-0.2, -0.15) is 0 Å². The number of rotatable bonds is 12. The molecule has 0 aromatic rings. The van der Waals surface area contributed by atoms with Crippen LogP contribution in [0, 0.1) is 0 Å². The first-order valence-electron chi connectivity index (χ1n) is 7.38. The third-order valence-electron chi connectivity index (χ3n) is 3.89. The molecule has 0 fully saturated rings. The van der Waals surface area contributed by atoms with E-state index < -0.39 is 53.4 Å². The van der Waals surface area contributed by atoms with E-state index in [0.717, 1.165) is 0 Å². The third kappa shape index (κ3) is 6.77. The molecule has 0 unspecified atom stereocenters. The fourth-order valence-electron chi connectivity index (χ4n) is 2.18. The van der Waals surface area contributed by atoms with Crippen LogP contribution in [0.5, 0.6) is 0 Å². The van der Waals surface area contributed by atoms with Crippen molar-refractivity contribution >= 4 is 30.4 Å². The largest absolute Gasteiger partial charge is 0.369 e. The van der Waals surface area contributed by atoms with Gasteiger partial charge in [0.15, 0.2) is 0 Å². The Balaban J connectivity index is 4.62. The van der Waals surface area contributed by atoms with Gasteiger partial charge in [0.05, 0.1) is 0 Å². The Labute approximate surface area is 153 Å². The molecule has 0 spiro atoms. The highest BCUT2D eigenvalue weighted by Crippen LogP contribution is 2.70. The molecule has 0 amide bonds. The molecular weight excluding hydrogens is 456 g/mol. The zero-order chi connectivity index (χ0) is 21.9. The molecule has 0 rings (SSSR count). The summed E-state index contributed by atoms with van der Waals surface area (Å²) < 4.78 is 44.6. The maximum Gasteiger partial charge on any atom is 0.369 e. The summed E-state index contributed by atoms with van der Waals surface area (Å²) in [5, 5.41) is 12.2. The Bertz CT molecular complexity index is 579. The normalized spacial score (nSPS) is 15.2. The van der Waals surface area contributed by atoms with Gasteiger partial charge in [0.2, 0.25) is 0 Å². The predicted molar refractivity (Wildman–Crippen MR) is 90.4 cm³/mol. The topological polar surface area (TPSA) is 271 Å². The molecule has 0 aromatic heterocycles. The van der Waals surface area contributed by atoms with Crippen LogP contribution in [0.1, 0.15) is 44.9 Å². The van der Waals surface area contributed by atoms with Crippen molar-refractivity contribution in [1.29, 1.82) is 0 Å². The highest BCUT2D eigenvalue weighted by molar-refractivity contribution is 7.72. The van der Waals surface area contributed by atoms with Gasteiger partial charge in [-0.3, -0.25) is 18.3 Å². The van der Waals surface area contributed by atoms with Crippen LogP contribution in [-0.4, -0.2) is 59.5 Å². The van der Waals surface area contributed by atoms with Crippen molar-refractivity contribution in [3.8, 4) is 0 Å². The Kier molecular flexibility index (Phi) is 9.29. The highest BCUT2D eigenvalue weighted by Gasteiger charge is 2.59. The fraction of sp³-hybridized carbons (Fsp3) is 1.00. The van der Waals surface area contributed by atoms with Gasteiger partial charge in [0.1, 0.15) is 0 Å². The summed E-state index contributed by atoms with van der Waals surface area (Å²) in [7, 11) is -22.2. The zero-order valence-electron chi connectivity index (χ0n) is 13.8. The van der Waals surface area contributed by atoms with Gasteiger partial charge in [-0.15, -0.1) is 0 Å². The van der Waals surface area contributed by atoms with Gasteiger partial charge >= 0.3 is 30.4 Å². The molecule has 14 nitrogen and oxygen atoms in total. The predicted octanol–water partition coefficient (Wildman–Crippen LogP) is -0.280. The van der Waals surface area contributed by atoms with E-state index in [1.807, 2.05) is 0 Å². The van der Waals surface area contributed by atoms with Crippen molar-refractivity contribution in [2.75, 3.05) is 0 Å². The summed E-state index contributed by atoms with van der Waals surface area (Å²) in [5.41, 5.74) is 0. The van der Waals surface area contributed by atoms with E-state index in [2.05, 4.69) is 0 Å². The summed E-state index contributed by atoms with van der Waals surface area (Å²) in [5.74, 6) is 0. The van der Waals surface area contributed by atoms with Crippen molar-refractivity contribution in [3.05, 3.63) is 0 Å². The van der Waals surface area contributed by atoms with E-state index in [4.69, 9.17) is 39.1 Å². The molecule has 18 heteroatoms. The molecule has 0 aliphatic rings.